The second-order valence-electron chi connectivity index (χ2n) is 9.46. The average molecular weight is 432 g/mol. The summed E-state index contributed by atoms with van der Waals surface area (Å²) in [6, 6.07) is 18.0. The SMILES string of the molecule is O=C(c1ccccc1)N1CCN(C(C(=O)N2CCc3ccccc3C2)C2CCCC2)CC1. The monoisotopic (exact) mass is 431 g/mol. The van der Waals surface area contributed by atoms with Crippen molar-refractivity contribution in [2.75, 3.05) is 32.7 Å². The maximum Gasteiger partial charge on any atom is 0.253 e. The van der Waals surface area contributed by atoms with Crippen LogP contribution >= 0.6 is 0 Å². The summed E-state index contributed by atoms with van der Waals surface area (Å²) in [5, 5.41) is 0. The molecule has 0 aromatic heterocycles. The lowest BCUT2D eigenvalue weighted by molar-refractivity contribution is -0.141. The summed E-state index contributed by atoms with van der Waals surface area (Å²) in [5.74, 6) is 0.840. The van der Waals surface area contributed by atoms with Crippen molar-refractivity contribution in [3.63, 3.8) is 0 Å². The van der Waals surface area contributed by atoms with E-state index >= 15 is 0 Å². The van der Waals surface area contributed by atoms with Crippen LogP contribution in [0.25, 0.3) is 0 Å². The van der Waals surface area contributed by atoms with Gasteiger partial charge in [0.15, 0.2) is 0 Å². The van der Waals surface area contributed by atoms with Crippen molar-refractivity contribution in [2.45, 2.75) is 44.7 Å². The molecule has 2 aromatic carbocycles. The Kier molecular flexibility index (Phi) is 6.26. The molecule has 1 unspecified atom stereocenters. The van der Waals surface area contributed by atoms with Crippen molar-refractivity contribution < 1.29 is 9.59 Å². The normalized spacial score (nSPS) is 20.8. The summed E-state index contributed by atoms with van der Waals surface area (Å²) >= 11 is 0. The minimum atomic E-state index is -0.0447. The van der Waals surface area contributed by atoms with Gasteiger partial charge in [-0.25, -0.2) is 0 Å². The molecule has 0 spiro atoms. The molecule has 0 radical (unpaired) electrons. The van der Waals surface area contributed by atoms with Gasteiger partial charge in [-0.3, -0.25) is 14.5 Å². The first kappa shape index (κ1) is 21.2. The average Bonchev–Trinajstić information content (AvgIpc) is 3.39. The molecule has 5 rings (SSSR count). The molecule has 5 nitrogen and oxygen atoms in total. The van der Waals surface area contributed by atoms with Crippen molar-refractivity contribution in [3.05, 3.63) is 71.3 Å². The fraction of sp³-hybridized carbons (Fsp3) is 0.481. The molecule has 2 aliphatic heterocycles. The molecule has 5 heteroatoms. The minimum absolute atomic E-state index is 0.0447. The highest BCUT2D eigenvalue weighted by Crippen LogP contribution is 2.33. The van der Waals surface area contributed by atoms with Crippen molar-refractivity contribution in [1.82, 2.24) is 14.7 Å². The molecule has 1 saturated carbocycles. The molecule has 1 atom stereocenters. The van der Waals surface area contributed by atoms with Crippen LogP contribution in [0.2, 0.25) is 0 Å². The molecule has 2 aromatic rings. The van der Waals surface area contributed by atoms with Gasteiger partial charge in [0.2, 0.25) is 5.91 Å². The number of benzene rings is 2. The third-order valence-corrected chi connectivity index (χ3v) is 7.56. The van der Waals surface area contributed by atoms with Gasteiger partial charge in [0, 0.05) is 44.8 Å². The predicted molar refractivity (Wildman–Crippen MR) is 125 cm³/mol. The first-order valence-corrected chi connectivity index (χ1v) is 12.1. The van der Waals surface area contributed by atoms with E-state index in [9.17, 15) is 9.59 Å². The van der Waals surface area contributed by atoms with E-state index in [0.29, 0.717) is 24.9 Å². The second kappa shape index (κ2) is 9.45. The fourth-order valence-corrected chi connectivity index (χ4v) is 5.77. The van der Waals surface area contributed by atoms with Crippen LogP contribution in [-0.2, 0) is 17.8 Å². The number of piperazine rings is 1. The van der Waals surface area contributed by atoms with Gasteiger partial charge in [-0.2, -0.15) is 0 Å². The highest BCUT2D eigenvalue weighted by atomic mass is 16.2. The van der Waals surface area contributed by atoms with Crippen LogP contribution < -0.4 is 0 Å². The number of rotatable bonds is 4. The molecular weight excluding hydrogens is 398 g/mol. The van der Waals surface area contributed by atoms with Crippen LogP contribution in [0, 0.1) is 5.92 Å². The van der Waals surface area contributed by atoms with Gasteiger partial charge in [-0.05, 0) is 48.4 Å². The lowest BCUT2D eigenvalue weighted by atomic mass is 9.92. The molecule has 3 aliphatic rings. The Morgan fingerprint density at radius 2 is 1.41 bits per heavy atom. The Labute approximate surface area is 191 Å². The van der Waals surface area contributed by atoms with Crippen molar-refractivity contribution in [3.8, 4) is 0 Å². The Morgan fingerprint density at radius 3 is 2.12 bits per heavy atom. The Hall–Kier alpha value is -2.66. The van der Waals surface area contributed by atoms with E-state index < -0.39 is 0 Å². The summed E-state index contributed by atoms with van der Waals surface area (Å²) in [6.07, 6.45) is 5.68. The van der Waals surface area contributed by atoms with Crippen LogP contribution in [0.1, 0.15) is 47.2 Å². The van der Waals surface area contributed by atoms with Crippen molar-refractivity contribution in [1.29, 1.82) is 0 Å². The fourth-order valence-electron chi connectivity index (χ4n) is 5.77. The van der Waals surface area contributed by atoms with Crippen molar-refractivity contribution >= 4 is 11.8 Å². The molecule has 2 amide bonds. The van der Waals surface area contributed by atoms with E-state index in [1.165, 1.54) is 24.0 Å². The van der Waals surface area contributed by atoms with E-state index in [2.05, 4.69) is 34.1 Å². The second-order valence-corrected chi connectivity index (χ2v) is 9.46. The molecular formula is C27H33N3O2. The van der Waals surface area contributed by atoms with Crippen LogP contribution in [0.3, 0.4) is 0 Å². The van der Waals surface area contributed by atoms with Gasteiger partial charge in [0.1, 0.15) is 0 Å². The molecule has 168 valence electrons. The first-order valence-electron chi connectivity index (χ1n) is 12.1. The van der Waals surface area contributed by atoms with Crippen LogP contribution in [0.15, 0.2) is 54.6 Å². The van der Waals surface area contributed by atoms with Gasteiger partial charge in [-0.1, -0.05) is 55.3 Å². The van der Waals surface area contributed by atoms with Crippen LogP contribution in [0.4, 0.5) is 0 Å². The summed E-state index contributed by atoms with van der Waals surface area (Å²) in [6.45, 7) is 4.46. The third-order valence-electron chi connectivity index (χ3n) is 7.56. The van der Waals surface area contributed by atoms with E-state index in [4.69, 9.17) is 0 Å². The van der Waals surface area contributed by atoms with Gasteiger partial charge in [0.25, 0.3) is 5.91 Å². The largest absolute Gasteiger partial charge is 0.337 e. The zero-order valence-electron chi connectivity index (χ0n) is 18.8. The van der Waals surface area contributed by atoms with Gasteiger partial charge >= 0.3 is 0 Å². The van der Waals surface area contributed by atoms with Gasteiger partial charge in [0.05, 0.1) is 6.04 Å². The maximum absolute atomic E-state index is 13.8. The number of hydrogen-bond donors (Lipinski definition) is 0. The summed E-state index contributed by atoms with van der Waals surface area (Å²) < 4.78 is 0. The van der Waals surface area contributed by atoms with Crippen LogP contribution in [0.5, 0.6) is 0 Å². The predicted octanol–water partition coefficient (Wildman–Crippen LogP) is 3.59. The minimum Gasteiger partial charge on any atom is -0.337 e. The highest BCUT2D eigenvalue weighted by Gasteiger charge is 2.40. The molecule has 0 bridgehead atoms. The van der Waals surface area contributed by atoms with E-state index in [-0.39, 0.29) is 11.9 Å². The molecule has 0 N–H and O–H groups in total. The maximum atomic E-state index is 13.8. The number of carbonyl (C=O) groups excluding carboxylic acids is 2. The smallest absolute Gasteiger partial charge is 0.253 e. The van der Waals surface area contributed by atoms with Crippen molar-refractivity contribution in [2.24, 2.45) is 5.92 Å². The number of hydrogen-bond acceptors (Lipinski definition) is 3. The standard InChI is InChI=1S/C27H33N3O2/c31-26(23-11-2-1-3-12-23)29-18-16-28(17-19-29)25(22-9-5-6-10-22)27(32)30-15-14-21-8-4-7-13-24(21)20-30/h1-4,7-8,11-13,22,25H,5-6,9-10,14-20H2. The Morgan fingerprint density at radius 1 is 0.750 bits per heavy atom. The third kappa shape index (κ3) is 4.31. The first-order chi connectivity index (χ1) is 15.7. The van der Waals surface area contributed by atoms with E-state index in [1.54, 1.807) is 0 Å². The number of amides is 2. The Balaban J connectivity index is 1.28. The molecule has 1 saturated heterocycles. The van der Waals surface area contributed by atoms with E-state index in [0.717, 1.165) is 51.0 Å². The topological polar surface area (TPSA) is 43.9 Å². The zero-order chi connectivity index (χ0) is 21.9. The van der Waals surface area contributed by atoms with Gasteiger partial charge in [-0.15, -0.1) is 0 Å². The number of fused-ring (bicyclic) bond motifs is 1. The molecule has 32 heavy (non-hydrogen) atoms. The molecule has 2 heterocycles. The highest BCUT2D eigenvalue weighted by molar-refractivity contribution is 5.94. The molecule has 1 aliphatic carbocycles. The molecule has 2 fully saturated rings. The lowest BCUT2D eigenvalue weighted by Gasteiger charge is -2.43. The van der Waals surface area contributed by atoms with E-state index in [1.807, 2.05) is 35.2 Å². The number of carbonyl (C=O) groups is 2. The van der Waals surface area contributed by atoms with Gasteiger partial charge < -0.3 is 9.80 Å². The summed E-state index contributed by atoms with van der Waals surface area (Å²) in [5.41, 5.74) is 3.41. The summed E-state index contributed by atoms with van der Waals surface area (Å²) in [4.78, 5) is 33.1. The zero-order valence-corrected chi connectivity index (χ0v) is 18.8. The number of nitrogens with zero attached hydrogens (tertiary/aromatic N) is 3. The summed E-state index contributed by atoms with van der Waals surface area (Å²) in [7, 11) is 0. The lowest BCUT2D eigenvalue weighted by Crippen LogP contribution is -2.58. The quantitative estimate of drug-likeness (QED) is 0.743. The Bertz CT molecular complexity index is 946. The van der Waals surface area contributed by atoms with Crippen LogP contribution in [-0.4, -0.2) is 65.3 Å².